The Morgan fingerprint density at radius 1 is 1.14 bits per heavy atom. The molecule has 1 atom stereocenters. The third-order valence-electron chi connectivity index (χ3n) is 5.92. The summed E-state index contributed by atoms with van der Waals surface area (Å²) < 4.78 is 1.03. The van der Waals surface area contributed by atoms with Gasteiger partial charge in [0.1, 0.15) is 0 Å². The SMILES string of the molecule is Cc1ccc(C(=O)N2CCC(O)(CC3CC=NN3c3ccc(Br)cc3)CC2)cc1. The summed E-state index contributed by atoms with van der Waals surface area (Å²) in [6.45, 7) is 3.17. The van der Waals surface area contributed by atoms with Crippen LogP contribution in [0.5, 0.6) is 0 Å². The largest absolute Gasteiger partial charge is 0.390 e. The van der Waals surface area contributed by atoms with Gasteiger partial charge in [-0.1, -0.05) is 33.6 Å². The van der Waals surface area contributed by atoms with Crippen molar-refractivity contribution in [1.82, 2.24) is 4.90 Å². The van der Waals surface area contributed by atoms with Gasteiger partial charge in [-0.15, -0.1) is 0 Å². The highest BCUT2D eigenvalue weighted by Crippen LogP contribution is 2.33. The summed E-state index contributed by atoms with van der Waals surface area (Å²) in [4.78, 5) is 14.6. The second kappa shape index (κ2) is 8.28. The molecular weight excluding hydrogens is 430 g/mol. The van der Waals surface area contributed by atoms with E-state index in [1.165, 1.54) is 0 Å². The van der Waals surface area contributed by atoms with E-state index in [1.807, 2.05) is 71.6 Å². The van der Waals surface area contributed by atoms with Crippen LogP contribution in [0, 0.1) is 6.92 Å². The van der Waals surface area contributed by atoms with Gasteiger partial charge in [-0.2, -0.15) is 5.10 Å². The number of piperidine rings is 1. The highest BCUT2D eigenvalue weighted by Gasteiger charge is 2.38. The Labute approximate surface area is 180 Å². The number of aliphatic hydroxyl groups is 1. The molecule has 0 spiro atoms. The minimum atomic E-state index is -0.768. The van der Waals surface area contributed by atoms with Gasteiger partial charge in [0.05, 0.1) is 17.3 Å². The van der Waals surface area contributed by atoms with Gasteiger partial charge in [-0.25, -0.2) is 0 Å². The number of benzene rings is 2. The van der Waals surface area contributed by atoms with Gasteiger partial charge >= 0.3 is 0 Å². The van der Waals surface area contributed by atoms with Crippen molar-refractivity contribution in [3.63, 3.8) is 0 Å². The van der Waals surface area contributed by atoms with Crippen LogP contribution in [0.25, 0.3) is 0 Å². The molecule has 29 heavy (non-hydrogen) atoms. The average Bonchev–Trinajstić information content (AvgIpc) is 3.17. The number of hydrogen-bond donors (Lipinski definition) is 1. The van der Waals surface area contributed by atoms with Gasteiger partial charge in [0.2, 0.25) is 0 Å². The highest BCUT2D eigenvalue weighted by molar-refractivity contribution is 9.10. The molecule has 2 heterocycles. The minimum Gasteiger partial charge on any atom is -0.390 e. The summed E-state index contributed by atoms with van der Waals surface area (Å²) >= 11 is 3.47. The Bertz CT molecular complexity index is 887. The summed E-state index contributed by atoms with van der Waals surface area (Å²) in [6.07, 6.45) is 4.58. The zero-order chi connectivity index (χ0) is 20.4. The lowest BCUT2D eigenvalue weighted by molar-refractivity contribution is -0.0268. The molecule has 1 saturated heterocycles. The molecule has 0 saturated carbocycles. The zero-order valence-corrected chi connectivity index (χ0v) is 18.2. The third-order valence-corrected chi connectivity index (χ3v) is 6.44. The molecule has 2 aromatic carbocycles. The number of carbonyl (C=O) groups is 1. The van der Waals surface area contributed by atoms with Crippen LogP contribution in [0.1, 0.15) is 41.6 Å². The number of hydrogen-bond acceptors (Lipinski definition) is 4. The molecule has 152 valence electrons. The van der Waals surface area contributed by atoms with Crippen LogP contribution < -0.4 is 5.01 Å². The smallest absolute Gasteiger partial charge is 0.253 e. The molecule has 2 aliphatic heterocycles. The van der Waals surface area contributed by atoms with Crippen LogP contribution in [0.4, 0.5) is 5.69 Å². The van der Waals surface area contributed by atoms with E-state index in [-0.39, 0.29) is 11.9 Å². The summed E-state index contributed by atoms with van der Waals surface area (Å²) in [7, 11) is 0. The quantitative estimate of drug-likeness (QED) is 0.743. The summed E-state index contributed by atoms with van der Waals surface area (Å²) in [6, 6.07) is 15.9. The molecule has 6 heteroatoms. The van der Waals surface area contributed by atoms with Crippen molar-refractivity contribution in [1.29, 1.82) is 0 Å². The Morgan fingerprint density at radius 2 is 1.79 bits per heavy atom. The minimum absolute atomic E-state index is 0.0488. The van der Waals surface area contributed by atoms with Gasteiger partial charge in [0.15, 0.2) is 0 Å². The normalized spacial score (nSPS) is 20.9. The number of rotatable bonds is 4. The number of likely N-dealkylation sites (tertiary alicyclic amines) is 1. The van der Waals surface area contributed by atoms with E-state index in [4.69, 9.17) is 0 Å². The number of aryl methyl sites for hydroxylation is 1. The van der Waals surface area contributed by atoms with E-state index >= 15 is 0 Å². The summed E-state index contributed by atoms with van der Waals surface area (Å²) in [5.74, 6) is 0.0488. The molecular formula is C23H26BrN3O2. The lowest BCUT2D eigenvalue weighted by Crippen LogP contribution is -2.49. The molecule has 0 aromatic heterocycles. The van der Waals surface area contributed by atoms with Crippen LogP contribution >= 0.6 is 15.9 Å². The summed E-state index contributed by atoms with van der Waals surface area (Å²) in [5, 5.41) is 17.7. The average molecular weight is 456 g/mol. The van der Waals surface area contributed by atoms with Gasteiger partial charge in [0.25, 0.3) is 5.91 Å². The number of hydrazone groups is 1. The topological polar surface area (TPSA) is 56.1 Å². The number of halogens is 1. The lowest BCUT2D eigenvalue weighted by Gasteiger charge is -2.40. The van der Waals surface area contributed by atoms with Crippen molar-refractivity contribution < 1.29 is 9.90 Å². The third kappa shape index (κ3) is 4.54. The first kappa shape index (κ1) is 20.1. The molecule has 0 radical (unpaired) electrons. The fraction of sp³-hybridized carbons (Fsp3) is 0.391. The van der Waals surface area contributed by atoms with Gasteiger partial charge in [0, 0.05) is 35.8 Å². The predicted octanol–water partition coefficient (Wildman–Crippen LogP) is 4.38. The lowest BCUT2D eigenvalue weighted by atomic mass is 9.84. The van der Waals surface area contributed by atoms with Crippen molar-refractivity contribution >= 4 is 33.7 Å². The Morgan fingerprint density at radius 3 is 2.45 bits per heavy atom. The molecule has 1 unspecified atom stereocenters. The van der Waals surface area contributed by atoms with E-state index in [0.29, 0.717) is 37.9 Å². The molecule has 5 nitrogen and oxygen atoms in total. The monoisotopic (exact) mass is 455 g/mol. The predicted molar refractivity (Wildman–Crippen MR) is 119 cm³/mol. The number of carbonyl (C=O) groups excluding carboxylic acids is 1. The van der Waals surface area contributed by atoms with E-state index in [9.17, 15) is 9.90 Å². The second-order valence-electron chi connectivity index (χ2n) is 8.10. The van der Waals surface area contributed by atoms with Gasteiger partial charge in [-0.05, 0) is 62.6 Å². The van der Waals surface area contributed by atoms with Crippen LogP contribution in [0.2, 0.25) is 0 Å². The Balaban J connectivity index is 1.37. The number of amides is 1. The van der Waals surface area contributed by atoms with Gasteiger partial charge < -0.3 is 10.0 Å². The molecule has 1 fully saturated rings. The zero-order valence-electron chi connectivity index (χ0n) is 16.6. The van der Waals surface area contributed by atoms with E-state index < -0.39 is 5.60 Å². The fourth-order valence-corrected chi connectivity index (χ4v) is 4.40. The molecule has 2 aliphatic rings. The fourth-order valence-electron chi connectivity index (χ4n) is 4.14. The second-order valence-corrected chi connectivity index (χ2v) is 9.01. The van der Waals surface area contributed by atoms with E-state index in [0.717, 1.165) is 22.1 Å². The Hall–Kier alpha value is -2.18. The maximum Gasteiger partial charge on any atom is 0.253 e. The molecule has 0 aliphatic carbocycles. The van der Waals surface area contributed by atoms with Crippen LogP contribution in [0.3, 0.4) is 0 Å². The maximum atomic E-state index is 12.7. The highest BCUT2D eigenvalue weighted by atomic mass is 79.9. The summed E-state index contributed by atoms with van der Waals surface area (Å²) in [5.41, 5.74) is 2.12. The standard InChI is InChI=1S/C23H26BrN3O2/c1-17-2-4-18(5-3-17)22(28)26-14-11-23(29,12-15-26)16-21-10-13-25-27(21)20-8-6-19(24)7-9-20/h2-9,13,21,29H,10-12,14-16H2,1H3. The first-order valence-electron chi connectivity index (χ1n) is 10.1. The maximum absolute atomic E-state index is 12.7. The molecule has 0 bridgehead atoms. The first-order valence-corrected chi connectivity index (χ1v) is 10.9. The first-order chi connectivity index (χ1) is 13.9. The molecule has 1 N–H and O–H groups in total. The van der Waals surface area contributed by atoms with E-state index in [1.54, 1.807) is 0 Å². The van der Waals surface area contributed by atoms with Gasteiger partial charge in [-0.3, -0.25) is 9.80 Å². The molecule has 4 rings (SSSR count). The van der Waals surface area contributed by atoms with Crippen molar-refractivity contribution in [2.45, 2.75) is 44.2 Å². The number of nitrogens with zero attached hydrogens (tertiary/aromatic N) is 3. The number of anilines is 1. The van der Waals surface area contributed by atoms with E-state index in [2.05, 4.69) is 21.0 Å². The van der Waals surface area contributed by atoms with Crippen LogP contribution in [-0.4, -0.2) is 46.9 Å². The molecule has 1 amide bonds. The Kier molecular flexibility index (Phi) is 5.74. The van der Waals surface area contributed by atoms with Crippen LogP contribution in [0.15, 0.2) is 58.1 Å². The van der Waals surface area contributed by atoms with Crippen molar-refractivity contribution in [3.8, 4) is 0 Å². The van der Waals surface area contributed by atoms with Crippen molar-refractivity contribution in [2.75, 3.05) is 18.1 Å². The van der Waals surface area contributed by atoms with Crippen molar-refractivity contribution in [3.05, 3.63) is 64.1 Å². The molecule has 2 aromatic rings. The van der Waals surface area contributed by atoms with Crippen molar-refractivity contribution in [2.24, 2.45) is 5.10 Å². The van der Waals surface area contributed by atoms with Crippen LogP contribution in [-0.2, 0) is 0 Å².